The normalized spacial score (nSPS) is 10.9. The average Bonchev–Trinajstić information content (AvgIpc) is 3.10. The van der Waals surface area contributed by atoms with Crippen LogP contribution in [0.15, 0.2) is 72.8 Å². The minimum atomic E-state index is 0.493. The Morgan fingerprint density at radius 1 is 0.731 bits per heavy atom. The van der Waals surface area contributed by atoms with Crippen LogP contribution in [0, 0.1) is 0 Å². The van der Waals surface area contributed by atoms with Gasteiger partial charge in [-0.25, -0.2) is 4.98 Å². The lowest BCUT2D eigenvalue weighted by Gasteiger charge is -2.06. The van der Waals surface area contributed by atoms with Crippen molar-refractivity contribution in [2.24, 2.45) is 0 Å². The predicted octanol–water partition coefficient (Wildman–Crippen LogP) is 7.37. The molecule has 0 amide bonds. The smallest absolute Gasteiger partial charge is 0.138 e. The summed E-state index contributed by atoms with van der Waals surface area (Å²) in [5.41, 5.74) is 4.32. The number of aromatic amines is 1. The van der Waals surface area contributed by atoms with E-state index >= 15 is 0 Å². The molecule has 0 saturated carbocycles. The molecule has 1 heterocycles. The lowest BCUT2D eigenvalue weighted by atomic mass is 10.1. The molecule has 0 spiro atoms. The average molecular weight is 400 g/mol. The van der Waals surface area contributed by atoms with Crippen LogP contribution >= 0.6 is 34.8 Å². The SMILES string of the molecule is Clc1cccc(-c2nc(-c3ccccc3)c(-c3cccc(Cl)c3Cl)[nH]2)c1. The van der Waals surface area contributed by atoms with Crippen LogP contribution in [-0.2, 0) is 0 Å². The fourth-order valence-electron chi connectivity index (χ4n) is 2.84. The van der Waals surface area contributed by atoms with Gasteiger partial charge in [0.2, 0.25) is 0 Å². The van der Waals surface area contributed by atoms with Gasteiger partial charge in [0, 0.05) is 21.7 Å². The van der Waals surface area contributed by atoms with Crippen molar-refractivity contribution in [2.75, 3.05) is 0 Å². The number of halogens is 3. The van der Waals surface area contributed by atoms with Crippen LogP contribution in [0.1, 0.15) is 0 Å². The molecule has 4 aromatic rings. The summed E-state index contributed by atoms with van der Waals surface area (Å²) in [4.78, 5) is 8.22. The van der Waals surface area contributed by atoms with Gasteiger partial charge < -0.3 is 4.98 Å². The topological polar surface area (TPSA) is 28.7 Å². The van der Waals surface area contributed by atoms with Crippen LogP contribution in [0.5, 0.6) is 0 Å². The van der Waals surface area contributed by atoms with E-state index < -0.39 is 0 Å². The van der Waals surface area contributed by atoms with Crippen molar-refractivity contribution in [3.63, 3.8) is 0 Å². The number of H-pyrrole nitrogens is 1. The van der Waals surface area contributed by atoms with Crippen molar-refractivity contribution in [3.05, 3.63) is 87.9 Å². The Balaban J connectivity index is 1.96. The Labute approximate surface area is 166 Å². The number of aromatic nitrogens is 2. The maximum absolute atomic E-state index is 6.47. The number of nitrogens with zero attached hydrogens (tertiary/aromatic N) is 1. The van der Waals surface area contributed by atoms with E-state index in [2.05, 4.69) is 4.98 Å². The molecule has 2 nitrogen and oxygen atoms in total. The number of rotatable bonds is 3. The van der Waals surface area contributed by atoms with E-state index in [1.165, 1.54) is 0 Å². The monoisotopic (exact) mass is 398 g/mol. The number of imidazole rings is 1. The second-order valence-corrected chi connectivity index (χ2v) is 7.01. The Bertz CT molecular complexity index is 1070. The highest BCUT2D eigenvalue weighted by Crippen LogP contribution is 2.39. The third kappa shape index (κ3) is 3.24. The van der Waals surface area contributed by atoms with Crippen molar-refractivity contribution in [2.45, 2.75) is 0 Å². The molecule has 0 radical (unpaired) electrons. The molecule has 1 N–H and O–H groups in total. The molecular formula is C21H13Cl3N2. The lowest BCUT2D eigenvalue weighted by molar-refractivity contribution is 1.31. The minimum absolute atomic E-state index is 0.493. The fraction of sp³-hybridized carbons (Fsp3) is 0. The maximum atomic E-state index is 6.47. The van der Waals surface area contributed by atoms with Gasteiger partial charge in [-0.05, 0) is 18.2 Å². The van der Waals surface area contributed by atoms with E-state index in [4.69, 9.17) is 39.8 Å². The van der Waals surface area contributed by atoms with E-state index in [1.807, 2.05) is 66.7 Å². The molecule has 0 aliphatic rings. The van der Waals surface area contributed by atoms with E-state index in [0.717, 1.165) is 33.9 Å². The summed E-state index contributed by atoms with van der Waals surface area (Å²) in [5, 5.41) is 1.65. The van der Waals surface area contributed by atoms with Crippen LogP contribution in [-0.4, -0.2) is 9.97 Å². The Kier molecular flexibility index (Phi) is 4.73. The van der Waals surface area contributed by atoms with Gasteiger partial charge >= 0.3 is 0 Å². The molecule has 0 unspecified atom stereocenters. The Morgan fingerprint density at radius 3 is 2.23 bits per heavy atom. The van der Waals surface area contributed by atoms with Crippen LogP contribution in [0.3, 0.4) is 0 Å². The van der Waals surface area contributed by atoms with Gasteiger partial charge in [0.15, 0.2) is 0 Å². The van der Waals surface area contributed by atoms with E-state index in [9.17, 15) is 0 Å². The largest absolute Gasteiger partial charge is 0.337 e. The quantitative estimate of drug-likeness (QED) is 0.383. The molecule has 5 heteroatoms. The van der Waals surface area contributed by atoms with Gasteiger partial charge in [0.1, 0.15) is 5.82 Å². The van der Waals surface area contributed by atoms with E-state index in [1.54, 1.807) is 6.07 Å². The molecule has 0 aliphatic heterocycles. The fourth-order valence-corrected chi connectivity index (χ4v) is 3.43. The van der Waals surface area contributed by atoms with Crippen molar-refractivity contribution >= 4 is 34.8 Å². The van der Waals surface area contributed by atoms with Gasteiger partial charge in [-0.15, -0.1) is 0 Å². The molecular weight excluding hydrogens is 387 g/mol. The standard InChI is InChI=1S/C21H13Cl3N2/c22-15-9-4-8-14(12-15)21-25-19(13-6-2-1-3-7-13)20(26-21)16-10-5-11-17(23)18(16)24/h1-12H,(H,25,26). The predicted molar refractivity (Wildman–Crippen MR) is 110 cm³/mol. The molecule has 26 heavy (non-hydrogen) atoms. The molecule has 3 aromatic carbocycles. The number of benzene rings is 3. The molecule has 0 saturated heterocycles. The lowest BCUT2D eigenvalue weighted by Crippen LogP contribution is -1.85. The summed E-state index contributed by atoms with van der Waals surface area (Å²) in [5.74, 6) is 0.720. The van der Waals surface area contributed by atoms with Crippen LogP contribution in [0.4, 0.5) is 0 Å². The van der Waals surface area contributed by atoms with Gasteiger partial charge in [-0.2, -0.15) is 0 Å². The van der Waals surface area contributed by atoms with Crippen molar-refractivity contribution in [3.8, 4) is 33.9 Å². The third-order valence-electron chi connectivity index (χ3n) is 4.07. The summed E-state index contributed by atoms with van der Waals surface area (Å²) in [6.07, 6.45) is 0. The first-order valence-corrected chi connectivity index (χ1v) is 9.12. The van der Waals surface area contributed by atoms with Crippen LogP contribution in [0.2, 0.25) is 15.1 Å². The molecule has 128 valence electrons. The van der Waals surface area contributed by atoms with Gasteiger partial charge in [-0.3, -0.25) is 0 Å². The second kappa shape index (κ2) is 7.16. The summed E-state index contributed by atoms with van der Waals surface area (Å²) in [7, 11) is 0. The van der Waals surface area contributed by atoms with Crippen molar-refractivity contribution in [1.29, 1.82) is 0 Å². The third-order valence-corrected chi connectivity index (χ3v) is 5.12. The first-order chi connectivity index (χ1) is 12.6. The van der Waals surface area contributed by atoms with E-state index in [-0.39, 0.29) is 0 Å². The van der Waals surface area contributed by atoms with E-state index in [0.29, 0.717) is 15.1 Å². The van der Waals surface area contributed by atoms with Gasteiger partial charge in [-0.1, -0.05) is 89.4 Å². The molecule has 1 aromatic heterocycles. The zero-order valence-corrected chi connectivity index (χ0v) is 15.8. The Hall–Kier alpha value is -2.26. The second-order valence-electron chi connectivity index (χ2n) is 5.79. The zero-order chi connectivity index (χ0) is 18.1. The molecule has 0 aliphatic carbocycles. The summed E-state index contributed by atoms with van der Waals surface area (Å²) >= 11 is 18.8. The van der Waals surface area contributed by atoms with Crippen molar-refractivity contribution < 1.29 is 0 Å². The van der Waals surface area contributed by atoms with Crippen LogP contribution < -0.4 is 0 Å². The first kappa shape index (κ1) is 17.2. The number of hydrogen-bond donors (Lipinski definition) is 1. The van der Waals surface area contributed by atoms with Crippen LogP contribution in [0.25, 0.3) is 33.9 Å². The summed E-state index contributed by atoms with van der Waals surface area (Å²) in [6.45, 7) is 0. The van der Waals surface area contributed by atoms with Gasteiger partial charge in [0.25, 0.3) is 0 Å². The zero-order valence-electron chi connectivity index (χ0n) is 13.5. The Morgan fingerprint density at radius 2 is 1.46 bits per heavy atom. The summed E-state index contributed by atoms with van der Waals surface area (Å²) < 4.78 is 0. The number of hydrogen-bond acceptors (Lipinski definition) is 1. The summed E-state index contributed by atoms with van der Waals surface area (Å²) in [6, 6.07) is 23.1. The highest BCUT2D eigenvalue weighted by atomic mass is 35.5. The minimum Gasteiger partial charge on any atom is -0.337 e. The van der Waals surface area contributed by atoms with Gasteiger partial charge in [0.05, 0.1) is 21.4 Å². The molecule has 0 fully saturated rings. The highest BCUT2D eigenvalue weighted by molar-refractivity contribution is 6.43. The first-order valence-electron chi connectivity index (χ1n) is 7.99. The highest BCUT2D eigenvalue weighted by Gasteiger charge is 2.18. The number of nitrogens with one attached hydrogen (secondary N) is 1. The van der Waals surface area contributed by atoms with Crippen molar-refractivity contribution in [1.82, 2.24) is 9.97 Å². The molecule has 4 rings (SSSR count). The molecule has 0 bridgehead atoms. The molecule has 0 atom stereocenters. The maximum Gasteiger partial charge on any atom is 0.138 e.